The third kappa shape index (κ3) is 5.34. The number of ether oxygens (including phenoxy) is 3. The summed E-state index contributed by atoms with van der Waals surface area (Å²) >= 11 is 15.0. The lowest BCUT2D eigenvalue weighted by atomic mass is 10.0. The molecule has 11 heteroatoms. The van der Waals surface area contributed by atoms with Crippen molar-refractivity contribution >= 4 is 78.8 Å². The summed E-state index contributed by atoms with van der Waals surface area (Å²) < 4.78 is 16.3. The standard InChI is InChI=1S/C25H19Cl2NO6S2/c1-3-33-24(30)20-16(14-6-4-5-7-17(14)26)12-35-23(20)28-19(29)11-34-25(31)22-21(27)15-9-8-13(32-2)10-18(15)36-22/h4-10,12H,3,11H2,1-2H3,(H,28,29). The maximum Gasteiger partial charge on any atom is 0.350 e. The van der Waals surface area contributed by atoms with Gasteiger partial charge in [0, 0.05) is 31.6 Å². The van der Waals surface area contributed by atoms with Crippen molar-refractivity contribution in [1.29, 1.82) is 0 Å². The van der Waals surface area contributed by atoms with Crippen molar-refractivity contribution in [2.45, 2.75) is 6.92 Å². The van der Waals surface area contributed by atoms with Crippen LogP contribution in [-0.4, -0.2) is 38.2 Å². The molecule has 1 N–H and O–H groups in total. The Morgan fingerprint density at radius 1 is 1.00 bits per heavy atom. The van der Waals surface area contributed by atoms with Gasteiger partial charge >= 0.3 is 11.9 Å². The fourth-order valence-electron chi connectivity index (χ4n) is 3.40. The quantitative estimate of drug-likeness (QED) is 0.234. The summed E-state index contributed by atoms with van der Waals surface area (Å²) in [6.07, 6.45) is 0. The predicted octanol–water partition coefficient (Wildman–Crippen LogP) is 6.92. The van der Waals surface area contributed by atoms with Gasteiger partial charge in [-0.05, 0) is 31.2 Å². The van der Waals surface area contributed by atoms with E-state index in [0.717, 1.165) is 27.4 Å². The van der Waals surface area contributed by atoms with Gasteiger partial charge in [0.1, 0.15) is 21.2 Å². The Morgan fingerprint density at radius 2 is 1.78 bits per heavy atom. The monoisotopic (exact) mass is 563 g/mol. The number of halogens is 2. The number of carbonyl (C=O) groups is 3. The molecule has 0 atom stereocenters. The van der Waals surface area contributed by atoms with Crippen LogP contribution in [-0.2, 0) is 14.3 Å². The summed E-state index contributed by atoms with van der Waals surface area (Å²) in [4.78, 5) is 38.2. The minimum Gasteiger partial charge on any atom is -0.497 e. The second-order valence-electron chi connectivity index (χ2n) is 7.29. The lowest BCUT2D eigenvalue weighted by Gasteiger charge is -2.10. The average Bonchev–Trinajstić information content (AvgIpc) is 3.43. The summed E-state index contributed by atoms with van der Waals surface area (Å²) in [6.45, 7) is 1.27. The summed E-state index contributed by atoms with van der Waals surface area (Å²) in [5.41, 5.74) is 1.33. The van der Waals surface area contributed by atoms with Crippen molar-refractivity contribution in [2.24, 2.45) is 0 Å². The first-order valence-corrected chi connectivity index (χ1v) is 13.1. The van der Waals surface area contributed by atoms with E-state index in [1.807, 2.05) is 0 Å². The van der Waals surface area contributed by atoms with Crippen LogP contribution in [0.4, 0.5) is 5.00 Å². The number of amides is 1. The van der Waals surface area contributed by atoms with E-state index in [4.69, 9.17) is 37.4 Å². The molecule has 0 spiro atoms. The zero-order valence-electron chi connectivity index (χ0n) is 19.1. The van der Waals surface area contributed by atoms with Crippen LogP contribution in [0.5, 0.6) is 5.75 Å². The Balaban J connectivity index is 1.50. The van der Waals surface area contributed by atoms with Crippen molar-refractivity contribution in [1.82, 2.24) is 0 Å². The number of hydrogen-bond acceptors (Lipinski definition) is 8. The highest BCUT2D eigenvalue weighted by atomic mass is 35.5. The van der Waals surface area contributed by atoms with Crippen molar-refractivity contribution in [3.63, 3.8) is 0 Å². The summed E-state index contributed by atoms with van der Waals surface area (Å²) in [5, 5.41) is 5.98. The van der Waals surface area contributed by atoms with Gasteiger partial charge in [-0.15, -0.1) is 22.7 Å². The van der Waals surface area contributed by atoms with Gasteiger partial charge in [-0.25, -0.2) is 9.59 Å². The van der Waals surface area contributed by atoms with Crippen molar-refractivity contribution < 1.29 is 28.6 Å². The minimum absolute atomic E-state index is 0.156. The van der Waals surface area contributed by atoms with E-state index < -0.39 is 24.5 Å². The van der Waals surface area contributed by atoms with Gasteiger partial charge in [0.05, 0.1) is 18.7 Å². The Hall–Kier alpha value is -3.11. The third-order valence-corrected chi connectivity index (χ3v) is 7.91. The molecular formula is C25H19Cl2NO6S2. The Bertz CT molecular complexity index is 1460. The Kier molecular flexibility index (Phi) is 8.15. The number of nitrogens with one attached hydrogen (secondary N) is 1. The molecular weight excluding hydrogens is 545 g/mol. The highest BCUT2D eigenvalue weighted by Gasteiger charge is 2.25. The number of hydrogen-bond donors (Lipinski definition) is 1. The van der Waals surface area contributed by atoms with Crippen LogP contribution in [0.25, 0.3) is 21.2 Å². The van der Waals surface area contributed by atoms with Crippen LogP contribution < -0.4 is 10.1 Å². The number of rotatable bonds is 8. The summed E-state index contributed by atoms with van der Waals surface area (Å²) in [7, 11) is 1.54. The lowest BCUT2D eigenvalue weighted by molar-refractivity contribution is -0.119. The molecule has 0 bridgehead atoms. The maximum atomic E-state index is 12.7. The van der Waals surface area contributed by atoms with Crippen molar-refractivity contribution in [3.05, 3.63) is 68.3 Å². The van der Waals surface area contributed by atoms with Gasteiger partial charge in [0.15, 0.2) is 6.61 Å². The lowest BCUT2D eigenvalue weighted by Crippen LogP contribution is -2.21. The molecule has 7 nitrogen and oxygen atoms in total. The molecule has 4 rings (SSSR count). The molecule has 1 amide bonds. The number of thiophene rings is 2. The fraction of sp³-hybridized carbons (Fsp3) is 0.160. The van der Waals surface area contributed by atoms with Gasteiger partial charge in [0.2, 0.25) is 0 Å². The van der Waals surface area contributed by atoms with Crippen LogP contribution in [0.2, 0.25) is 10.0 Å². The molecule has 0 unspecified atom stereocenters. The van der Waals surface area contributed by atoms with Gasteiger partial charge < -0.3 is 19.5 Å². The molecule has 0 saturated carbocycles. The van der Waals surface area contributed by atoms with Gasteiger partial charge in [0.25, 0.3) is 5.91 Å². The van der Waals surface area contributed by atoms with Crippen molar-refractivity contribution in [2.75, 3.05) is 25.6 Å². The Morgan fingerprint density at radius 3 is 2.50 bits per heavy atom. The summed E-state index contributed by atoms with van der Waals surface area (Å²) in [6, 6.07) is 12.3. The van der Waals surface area contributed by atoms with Crippen molar-refractivity contribution in [3.8, 4) is 16.9 Å². The Labute approximate surface area is 224 Å². The van der Waals surface area contributed by atoms with E-state index >= 15 is 0 Å². The van der Waals surface area contributed by atoms with E-state index in [1.165, 1.54) is 0 Å². The second kappa shape index (κ2) is 11.3. The van der Waals surface area contributed by atoms with Crippen LogP contribution in [0.15, 0.2) is 47.8 Å². The van der Waals surface area contributed by atoms with E-state index in [2.05, 4.69) is 5.32 Å². The SMILES string of the molecule is CCOC(=O)c1c(-c2ccccc2Cl)csc1NC(=O)COC(=O)c1sc2cc(OC)ccc2c1Cl. The highest BCUT2D eigenvalue weighted by Crippen LogP contribution is 2.40. The smallest absolute Gasteiger partial charge is 0.350 e. The molecule has 0 saturated heterocycles. The van der Waals surface area contributed by atoms with E-state index in [-0.39, 0.29) is 27.1 Å². The number of methoxy groups -OCH3 is 1. The molecule has 186 valence electrons. The van der Waals surface area contributed by atoms with Gasteiger partial charge in [-0.2, -0.15) is 0 Å². The van der Waals surface area contributed by atoms with Crippen LogP contribution in [0, 0.1) is 0 Å². The van der Waals surface area contributed by atoms with Crippen LogP contribution >= 0.6 is 45.9 Å². The molecule has 0 fully saturated rings. The molecule has 0 radical (unpaired) electrons. The first kappa shape index (κ1) is 26.0. The first-order valence-electron chi connectivity index (χ1n) is 10.6. The molecule has 0 aliphatic rings. The van der Waals surface area contributed by atoms with Crippen LogP contribution in [0.3, 0.4) is 0 Å². The third-order valence-electron chi connectivity index (χ3n) is 5.04. The first-order chi connectivity index (χ1) is 17.3. The summed E-state index contributed by atoms with van der Waals surface area (Å²) in [5.74, 6) is -1.33. The minimum atomic E-state index is -0.733. The largest absolute Gasteiger partial charge is 0.497 e. The van der Waals surface area contributed by atoms with Gasteiger partial charge in [-0.3, -0.25) is 4.79 Å². The zero-order valence-corrected chi connectivity index (χ0v) is 22.2. The van der Waals surface area contributed by atoms with E-state index in [0.29, 0.717) is 27.3 Å². The number of benzene rings is 2. The molecule has 2 heterocycles. The molecule has 0 aliphatic carbocycles. The van der Waals surface area contributed by atoms with Gasteiger partial charge in [-0.1, -0.05) is 41.4 Å². The fourth-order valence-corrected chi connectivity index (χ4v) is 6.03. The topological polar surface area (TPSA) is 90.9 Å². The number of carbonyl (C=O) groups excluding carboxylic acids is 3. The second-order valence-corrected chi connectivity index (χ2v) is 10.0. The van der Waals surface area contributed by atoms with Crippen LogP contribution in [0.1, 0.15) is 27.0 Å². The van der Waals surface area contributed by atoms with E-state index in [1.54, 1.807) is 61.9 Å². The molecule has 2 aromatic carbocycles. The molecule has 2 aromatic heterocycles. The molecule has 4 aromatic rings. The van der Waals surface area contributed by atoms with E-state index in [9.17, 15) is 14.4 Å². The zero-order chi connectivity index (χ0) is 25.8. The normalized spacial score (nSPS) is 10.8. The molecule has 0 aliphatic heterocycles. The average molecular weight is 564 g/mol. The number of esters is 2. The number of anilines is 1. The predicted molar refractivity (Wildman–Crippen MR) is 143 cm³/mol. The number of fused-ring (bicyclic) bond motifs is 1. The maximum absolute atomic E-state index is 12.7. The molecule has 36 heavy (non-hydrogen) atoms. The highest BCUT2D eigenvalue weighted by molar-refractivity contribution is 7.21.